The van der Waals surface area contributed by atoms with Crippen molar-refractivity contribution < 1.29 is 18.9 Å². The first-order valence-electron chi connectivity index (χ1n) is 11.3. The van der Waals surface area contributed by atoms with Crippen LogP contribution in [0.25, 0.3) is 21.9 Å². The van der Waals surface area contributed by atoms with E-state index in [4.69, 9.17) is 4.42 Å². The maximum atomic E-state index is 12.7. The molecule has 0 radical (unpaired) electrons. The topological polar surface area (TPSA) is 132 Å². The Kier molecular flexibility index (Phi) is 6.21. The Morgan fingerprint density at radius 2 is 1.92 bits per heavy atom. The van der Waals surface area contributed by atoms with Gasteiger partial charge in [-0.15, -0.1) is 0 Å². The number of carbonyl (C=O) groups is 2. The van der Waals surface area contributed by atoms with E-state index in [0.29, 0.717) is 16.5 Å². The summed E-state index contributed by atoms with van der Waals surface area (Å²) in [7, 11) is 0. The molecule has 0 aliphatic rings. The van der Waals surface area contributed by atoms with Crippen LogP contribution in [0, 0.1) is 17.0 Å². The van der Waals surface area contributed by atoms with E-state index in [1.165, 1.54) is 30.5 Å². The van der Waals surface area contributed by atoms with Gasteiger partial charge in [-0.05, 0) is 42.8 Å². The molecular formula is C27H21N5O5. The van der Waals surface area contributed by atoms with Gasteiger partial charge in [0.15, 0.2) is 5.76 Å². The molecule has 0 spiro atoms. The van der Waals surface area contributed by atoms with Crippen molar-refractivity contribution in [1.29, 1.82) is 0 Å². The first-order valence-corrected chi connectivity index (χ1v) is 11.3. The molecule has 2 aromatic heterocycles. The van der Waals surface area contributed by atoms with Crippen LogP contribution >= 0.6 is 0 Å². The van der Waals surface area contributed by atoms with Crippen molar-refractivity contribution in [2.24, 2.45) is 5.10 Å². The van der Waals surface area contributed by atoms with Crippen molar-refractivity contribution in [2.75, 3.05) is 5.32 Å². The lowest BCUT2D eigenvalue weighted by Crippen LogP contribution is -2.18. The van der Waals surface area contributed by atoms with Crippen molar-refractivity contribution in [3.8, 4) is 0 Å². The van der Waals surface area contributed by atoms with Gasteiger partial charge < -0.3 is 14.3 Å². The highest BCUT2D eigenvalue weighted by atomic mass is 16.6. The predicted molar refractivity (Wildman–Crippen MR) is 140 cm³/mol. The Morgan fingerprint density at radius 3 is 2.73 bits per heavy atom. The van der Waals surface area contributed by atoms with Crippen LogP contribution < -0.4 is 10.7 Å². The van der Waals surface area contributed by atoms with Gasteiger partial charge in [-0.3, -0.25) is 19.7 Å². The average molecular weight is 495 g/mol. The molecule has 0 aliphatic carbocycles. The number of hydrogen-bond donors (Lipinski definition) is 2. The molecule has 0 saturated heterocycles. The number of carbonyl (C=O) groups excluding carboxylic acids is 2. The molecule has 2 amide bonds. The molecule has 37 heavy (non-hydrogen) atoms. The predicted octanol–water partition coefficient (Wildman–Crippen LogP) is 5.01. The molecule has 10 heteroatoms. The lowest BCUT2D eigenvalue weighted by atomic mass is 10.2. The number of non-ortho nitro benzene ring substituents is 1. The highest BCUT2D eigenvalue weighted by molar-refractivity contribution is 6.02. The largest absolute Gasteiger partial charge is 0.451 e. The minimum atomic E-state index is -0.601. The van der Waals surface area contributed by atoms with Crippen LogP contribution in [0.4, 0.5) is 11.4 Å². The minimum absolute atomic E-state index is 0.0251. The van der Waals surface area contributed by atoms with Crippen molar-refractivity contribution in [3.05, 3.63) is 106 Å². The van der Waals surface area contributed by atoms with Gasteiger partial charge in [0.1, 0.15) is 12.1 Å². The third-order valence-electron chi connectivity index (χ3n) is 5.74. The van der Waals surface area contributed by atoms with E-state index < -0.39 is 10.8 Å². The van der Waals surface area contributed by atoms with Crippen LogP contribution in [0.2, 0.25) is 0 Å². The molecule has 0 fully saturated rings. The van der Waals surface area contributed by atoms with E-state index in [0.717, 1.165) is 22.2 Å². The molecule has 10 nitrogen and oxygen atoms in total. The molecule has 0 saturated carbocycles. The first kappa shape index (κ1) is 23.5. The van der Waals surface area contributed by atoms with E-state index in [1.807, 2.05) is 60.0 Å². The van der Waals surface area contributed by atoms with Gasteiger partial charge in [0.05, 0.1) is 11.1 Å². The molecule has 184 valence electrons. The third kappa shape index (κ3) is 5.08. The van der Waals surface area contributed by atoms with Gasteiger partial charge >= 0.3 is 5.91 Å². The number of furan rings is 1. The summed E-state index contributed by atoms with van der Waals surface area (Å²) in [6.45, 7) is 2.06. The van der Waals surface area contributed by atoms with Gasteiger partial charge in [0.25, 0.3) is 5.69 Å². The molecule has 0 atom stereocenters. The quantitative estimate of drug-likeness (QED) is 0.186. The van der Waals surface area contributed by atoms with E-state index in [-0.39, 0.29) is 23.9 Å². The molecule has 5 rings (SSSR count). The van der Waals surface area contributed by atoms with E-state index in [1.54, 1.807) is 6.20 Å². The molecule has 2 heterocycles. The Balaban J connectivity index is 1.31. The summed E-state index contributed by atoms with van der Waals surface area (Å²) >= 11 is 0. The zero-order valence-electron chi connectivity index (χ0n) is 19.7. The number of nitro benzene ring substituents is 1. The van der Waals surface area contributed by atoms with E-state index in [2.05, 4.69) is 15.8 Å². The maximum absolute atomic E-state index is 12.7. The molecule has 0 bridgehead atoms. The van der Waals surface area contributed by atoms with Gasteiger partial charge in [-0.1, -0.05) is 30.3 Å². The fourth-order valence-electron chi connectivity index (χ4n) is 4.06. The Labute approximate surface area is 210 Å². The number of fused-ring (bicyclic) bond motifs is 2. The molecule has 0 unspecified atom stereocenters. The van der Waals surface area contributed by atoms with Gasteiger partial charge in [0.2, 0.25) is 5.91 Å². The first-order chi connectivity index (χ1) is 17.9. The highest BCUT2D eigenvalue weighted by Crippen LogP contribution is 2.24. The number of benzene rings is 3. The fraction of sp³-hybridized carbons (Fsp3) is 0.0741. The molecule has 2 N–H and O–H groups in total. The minimum Gasteiger partial charge on any atom is -0.451 e. The van der Waals surface area contributed by atoms with Crippen LogP contribution in [0.15, 0.2) is 88.5 Å². The standard InChI is InChI=1S/C27H21N5O5/c1-17-5-4-6-20(11-17)29-26(33)16-31-15-19(22-7-2-3-8-23(22)31)14-28-30-27(34)25-13-18-12-21(32(35)36)9-10-24(18)37-25/h2-15H,16H2,1H3,(H,29,33)(H,30,34)/b28-14-. The summed E-state index contributed by atoms with van der Waals surface area (Å²) in [5.41, 5.74) is 6.00. The average Bonchev–Trinajstić information content (AvgIpc) is 3.45. The third-order valence-corrected chi connectivity index (χ3v) is 5.74. The summed E-state index contributed by atoms with van der Waals surface area (Å²) < 4.78 is 7.30. The number of hydrogen-bond acceptors (Lipinski definition) is 6. The number of nitrogens with zero attached hydrogens (tertiary/aromatic N) is 3. The molecular weight excluding hydrogens is 474 g/mol. The summed E-state index contributed by atoms with van der Waals surface area (Å²) in [5.74, 6) is -0.799. The summed E-state index contributed by atoms with van der Waals surface area (Å²) in [6.07, 6.45) is 3.28. The fourth-order valence-corrected chi connectivity index (χ4v) is 4.06. The van der Waals surface area contributed by atoms with Crippen LogP contribution in [0.5, 0.6) is 0 Å². The summed E-state index contributed by atoms with van der Waals surface area (Å²) in [4.78, 5) is 35.6. The number of anilines is 1. The van der Waals surface area contributed by atoms with Crippen LogP contribution in [0.3, 0.4) is 0 Å². The normalized spacial score (nSPS) is 11.3. The molecule has 0 aliphatic heterocycles. The number of para-hydroxylation sites is 1. The van der Waals surface area contributed by atoms with Crippen LogP contribution in [0.1, 0.15) is 21.7 Å². The summed E-state index contributed by atoms with van der Waals surface area (Å²) in [5, 5.41) is 19.2. The van der Waals surface area contributed by atoms with Gasteiger partial charge in [0, 0.05) is 45.9 Å². The lowest BCUT2D eigenvalue weighted by molar-refractivity contribution is -0.384. The second-order valence-corrected chi connectivity index (χ2v) is 8.44. The smallest absolute Gasteiger partial charge is 0.307 e. The Hall–Kier alpha value is -5.25. The van der Waals surface area contributed by atoms with Crippen molar-refractivity contribution in [3.63, 3.8) is 0 Å². The number of amides is 2. The number of nitro groups is 1. The Morgan fingerprint density at radius 1 is 1.08 bits per heavy atom. The highest BCUT2D eigenvalue weighted by Gasteiger charge is 2.15. The van der Waals surface area contributed by atoms with Crippen molar-refractivity contribution in [2.45, 2.75) is 13.5 Å². The molecule has 5 aromatic rings. The van der Waals surface area contributed by atoms with Crippen molar-refractivity contribution >= 4 is 51.3 Å². The summed E-state index contributed by atoms with van der Waals surface area (Å²) in [6, 6.07) is 20.6. The number of nitrogens with one attached hydrogen (secondary N) is 2. The van der Waals surface area contributed by atoms with Gasteiger partial charge in [-0.2, -0.15) is 5.10 Å². The second kappa shape index (κ2) is 9.78. The lowest BCUT2D eigenvalue weighted by Gasteiger charge is -2.08. The SMILES string of the molecule is Cc1cccc(NC(=O)Cn2cc(/C=N\NC(=O)c3cc4cc([N+](=O)[O-])ccc4o3)c3ccccc32)c1. The monoisotopic (exact) mass is 495 g/mol. The van der Waals surface area contributed by atoms with Crippen LogP contribution in [-0.4, -0.2) is 27.5 Å². The number of hydrazone groups is 1. The molecule has 3 aromatic carbocycles. The Bertz CT molecular complexity index is 1700. The van der Waals surface area contributed by atoms with Crippen molar-refractivity contribution in [1.82, 2.24) is 9.99 Å². The zero-order chi connectivity index (χ0) is 25.9. The van der Waals surface area contributed by atoms with E-state index in [9.17, 15) is 19.7 Å². The number of aryl methyl sites for hydroxylation is 1. The number of aromatic nitrogens is 1. The van der Waals surface area contributed by atoms with Crippen LogP contribution in [-0.2, 0) is 11.3 Å². The maximum Gasteiger partial charge on any atom is 0.307 e. The zero-order valence-corrected chi connectivity index (χ0v) is 19.7. The number of rotatable bonds is 7. The van der Waals surface area contributed by atoms with E-state index >= 15 is 0 Å². The second-order valence-electron chi connectivity index (χ2n) is 8.44. The van der Waals surface area contributed by atoms with Gasteiger partial charge in [-0.25, -0.2) is 5.43 Å².